The molecule has 1 N–H and O–H groups in total. The van der Waals surface area contributed by atoms with E-state index in [-0.39, 0.29) is 6.61 Å². The number of hydrogen-bond acceptors (Lipinski definition) is 3. The zero-order valence-corrected chi connectivity index (χ0v) is 12.8. The minimum atomic E-state index is -3.53. The number of rotatable bonds is 5. The first kappa shape index (κ1) is 15.3. The lowest BCUT2D eigenvalue weighted by atomic mass is 9.96. The third kappa shape index (κ3) is 2.97. The summed E-state index contributed by atoms with van der Waals surface area (Å²) in [5, 5.41) is 8.86. The molecule has 0 aliphatic carbocycles. The molecule has 0 spiro atoms. The van der Waals surface area contributed by atoms with Gasteiger partial charge in [0.2, 0.25) is 0 Å². The van der Waals surface area contributed by atoms with E-state index in [1.54, 1.807) is 7.05 Å². The molecule has 1 unspecified atom stereocenters. The number of aliphatic hydroxyl groups excluding tert-OH is 1. The quantitative estimate of drug-likeness (QED) is 0.890. The number of nitrogens with zero attached hydrogens (tertiary/aromatic N) is 2. The van der Waals surface area contributed by atoms with Crippen molar-refractivity contribution in [3.05, 3.63) is 29.8 Å². The Kier molecular flexibility index (Phi) is 4.67. The molecular formula is C14H22N2O3S. The van der Waals surface area contributed by atoms with Gasteiger partial charge in [-0.05, 0) is 30.4 Å². The van der Waals surface area contributed by atoms with Crippen molar-refractivity contribution in [1.29, 1.82) is 0 Å². The summed E-state index contributed by atoms with van der Waals surface area (Å²) in [4.78, 5) is 0. The van der Waals surface area contributed by atoms with Crippen molar-refractivity contribution in [3.8, 4) is 0 Å². The highest BCUT2D eigenvalue weighted by molar-refractivity contribution is 7.90. The fourth-order valence-electron chi connectivity index (χ4n) is 2.54. The Hall–Kier alpha value is -1.11. The normalized spacial score (nSPS) is 19.2. The van der Waals surface area contributed by atoms with Crippen LogP contribution in [0.2, 0.25) is 0 Å². The van der Waals surface area contributed by atoms with Crippen LogP contribution in [0.5, 0.6) is 0 Å². The standard InChI is InChI=1S/C14H22N2O3S/c1-12-10-13-6-3-4-7-14(13)16(11-12)20(18,19)15(2)8-5-9-17/h3-4,6-7,12,17H,5,8-11H2,1-2H3. The third-order valence-electron chi connectivity index (χ3n) is 3.61. The molecule has 6 heteroatoms. The fourth-order valence-corrected chi connectivity index (χ4v) is 4.11. The average molecular weight is 298 g/mol. The molecule has 1 aliphatic heterocycles. The lowest BCUT2D eigenvalue weighted by molar-refractivity contribution is 0.275. The van der Waals surface area contributed by atoms with Gasteiger partial charge in [-0.2, -0.15) is 12.7 Å². The molecular weight excluding hydrogens is 276 g/mol. The topological polar surface area (TPSA) is 60.9 Å². The molecule has 0 radical (unpaired) electrons. The maximum absolute atomic E-state index is 12.7. The Morgan fingerprint density at radius 1 is 1.40 bits per heavy atom. The first-order valence-electron chi connectivity index (χ1n) is 6.89. The minimum absolute atomic E-state index is 0.00709. The van der Waals surface area contributed by atoms with Gasteiger partial charge in [-0.15, -0.1) is 0 Å². The van der Waals surface area contributed by atoms with Crippen LogP contribution in [0.15, 0.2) is 24.3 Å². The van der Waals surface area contributed by atoms with Crippen LogP contribution in [-0.2, 0) is 16.6 Å². The first-order chi connectivity index (χ1) is 9.46. The second-order valence-corrected chi connectivity index (χ2v) is 7.34. The van der Waals surface area contributed by atoms with E-state index in [1.807, 2.05) is 24.3 Å². The van der Waals surface area contributed by atoms with Crippen molar-refractivity contribution in [3.63, 3.8) is 0 Å². The van der Waals surface area contributed by atoms with E-state index >= 15 is 0 Å². The Morgan fingerprint density at radius 3 is 2.80 bits per heavy atom. The summed E-state index contributed by atoms with van der Waals surface area (Å²) in [6.07, 6.45) is 1.35. The molecule has 0 saturated heterocycles. The maximum Gasteiger partial charge on any atom is 0.303 e. The Labute approximate surface area is 121 Å². The molecule has 0 saturated carbocycles. The predicted molar refractivity (Wildman–Crippen MR) is 79.9 cm³/mol. The summed E-state index contributed by atoms with van der Waals surface area (Å²) in [6.45, 7) is 2.88. The highest BCUT2D eigenvalue weighted by Gasteiger charge is 2.32. The molecule has 1 aromatic carbocycles. The molecule has 0 aromatic heterocycles. The van der Waals surface area contributed by atoms with Crippen LogP contribution in [0, 0.1) is 5.92 Å². The SMILES string of the molecule is CC1Cc2ccccc2N(S(=O)(=O)N(C)CCCO)C1. The maximum atomic E-state index is 12.7. The van der Waals surface area contributed by atoms with E-state index in [0.717, 1.165) is 17.7 Å². The van der Waals surface area contributed by atoms with Crippen molar-refractivity contribution < 1.29 is 13.5 Å². The first-order valence-corrected chi connectivity index (χ1v) is 8.29. The number of para-hydroxylation sites is 1. The van der Waals surface area contributed by atoms with Crippen LogP contribution in [0.3, 0.4) is 0 Å². The number of anilines is 1. The van der Waals surface area contributed by atoms with Crippen molar-refractivity contribution >= 4 is 15.9 Å². The van der Waals surface area contributed by atoms with Gasteiger partial charge in [-0.25, -0.2) is 0 Å². The van der Waals surface area contributed by atoms with Crippen molar-refractivity contribution in [2.24, 2.45) is 5.92 Å². The number of fused-ring (bicyclic) bond motifs is 1. The van der Waals surface area contributed by atoms with E-state index < -0.39 is 10.2 Å². The van der Waals surface area contributed by atoms with E-state index in [0.29, 0.717) is 25.4 Å². The highest BCUT2D eigenvalue weighted by Crippen LogP contribution is 2.32. The molecule has 1 atom stereocenters. The predicted octanol–water partition coefficient (Wildman–Crippen LogP) is 1.24. The van der Waals surface area contributed by atoms with Gasteiger partial charge in [-0.3, -0.25) is 4.31 Å². The summed E-state index contributed by atoms with van der Waals surface area (Å²) in [7, 11) is -1.96. The molecule has 5 nitrogen and oxygen atoms in total. The minimum Gasteiger partial charge on any atom is -0.396 e. The van der Waals surface area contributed by atoms with Crippen LogP contribution >= 0.6 is 0 Å². The molecule has 1 aromatic rings. The van der Waals surface area contributed by atoms with Crippen molar-refractivity contribution in [2.75, 3.05) is 31.0 Å². The van der Waals surface area contributed by atoms with Crippen LogP contribution in [0.1, 0.15) is 18.9 Å². The summed E-state index contributed by atoms with van der Waals surface area (Å²) < 4.78 is 28.2. The Morgan fingerprint density at radius 2 is 2.10 bits per heavy atom. The number of aliphatic hydroxyl groups is 1. The zero-order chi connectivity index (χ0) is 14.8. The van der Waals surface area contributed by atoms with Gasteiger partial charge >= 0.3 is 10.2 Å². The van der Waals surface area contributed by atoms with Crippen LogP contribution in [-0.4, -0.2) is 44.6 Å². The third-order valence-corrected chi connectivity index (χ3v) is 5.48. The highest BCUT2D eigenvalue weighted by atomic mass is 32.2. The summed E-state index contributed by atoms with van der Waals surface area (Å²) in [6, 6.07) is 7.65. The monoisotopic (exact) mass is 298 g/mol. The summed E-state index contributed by atoms with van der Waals surface area (Å²) >= 11 is 0. The van der Waals surface area contributed by atoms with E-state index in [9.17, 15) is 8.42 Å². The average Bonchev–Trinajstić information content (AvgIpc) is 2.43. The van der Waals surface area contributed by atoms with Crippen molar-refractivity contribution in [2.45, 2.75) is 19.8 Å². The summed E-state index contributed by atoms with van der Waals surface area (Å²) in [5.74, 6) is 0.297. The number of benzene rings is 1. The van der Waals surface area contributed by atoms with Gasteiger partial charge in [0, 0.05) is 26.7 Å². The second kappa shape index (κ2) is 6.11. The van der Waals surface area contributed by atoms with Crippen LogP contribution in [0.4, 0.5) is 5.69 Å². The van der Waals surface area contributed by atoms with E-state index in [2.05, 4.69) is 6.92 Å². The Balaban J connectivity index is 2.32. The van der Waals surface area contributed by atoms with Gasteiger partial charge in [-0.1, -0.05) is 25.1 Å². The molecule has 2 rings (SSSR count). The number of hydrogen-bond donors (Lipinski definition) is 1. The molecule has 20 heavy (non-hydrogen) atoms. The fraction of sp³-hybridized carbons (Fsp3) is 0.571. The molecule has 112 valence electrons. The van der Waals surface area contributed by atoms with Gasteiger partial charge in [0.25, 0.3) is 0 Å². The lowest BCUT2D eigenvalue weighted by Crippen LogP contribution is -2.46. The van der Waals surface area contributed by atoms with E-state index in [4.69, 9.17) is 5.11 Å². The van der Waals surface area contributed by atoms with E-state index in [1.165, 1.54) is 8.61 Å². The smallest absolute Gasteiger partial charge is 0.303 e. The van der Waals surface area contributed by atoms with Gasteiger partial charge in [0.15, 0.2) is 0 Å². The molecule has 1 heterocycles. The van der Waals surface area contributed by atoms with Crippen molar-refractivity contribution in [1.82, 2.24) is 4.31 Å². The van der Waals surface area contributed by atoms with Gasteiger partial charge < -0.3 is 5.11 Å². The zero-order valence-electron chi connectivity index (χ0n) is 12.0. The molecule has 0 amide bonds. The largest absolute Gasteiger partial charge is 0.396 e. The van der Waals surface area contributed by atoms with Gasteiger partial charge in [0.05, 0.1) is 5.69 Å². The van der Waals surface area contributed by atoms with Gasteiger partial charge in [0.1, 0.15) is 0 Å². The van der Waals surface area contributed by atoms with Crippen LogP contribution in [0.25, 0.3) is 0 Å². The summed E-state index contributed by atoms with van der Waals surface area (Å²) in [5.41, 5.74) is 1.85. The van der Waals surface area contributed by atoms with Crippen LogP contribution < -0.4 is 4.31 Å². The molecule has 1 aliphatic rings. The molecule has 0 fully saturated rings. The molecule has 0 bridgehead atoms. The second-order valence-electron chi connectivity index (χ2n) is 5.38. The lowest BCUT2D eigenvalue weighted by Gasteiger charge is -2.36. The Bertz CT molecular complexity index is 559.